The molecule has 3 nitrogen and oxygen atoms in total. The average Bonchev–Trinajstić information content (AvgIpc) is 2.72. The summed E-state index contributed by atoms with van der Waals surface area (Å²) in [6, 6.07) is 4.08. The van der Waals surface area contributed by atoms with Crippen LogP contribution in [0.4, 0.5) is 0 Å². The monoisotopic (exact) mass is 210 g/mol. The molecule has 2 atom stereocenters. The molecule has 0 spiro atoms. The molecule has 76 valence electrons. The number of pyridine rings is 1. The van der Waals surface area contributed by atoms with Crippen LogP contribution in [0.2, 0.25) is 0 Å². The fourth-order valence-electron chi connectivity index (χ4n) is 1.67. The normalized spacial score (nSPS) is 23.6. The van der Waals surface area contributed by atoms with Crippen molar-refractivity contribution in [3.8, 4) is 0 Å². The summed E-state index contributed by atoms with van der Waals surface area (Å²) in [4.78, 5) is 4.79. The first-order valence-electron chi connectivity index (χ1n) is 4.88. The number of nitrogens with one attached hydrogen (secondary N) is 1. The molecule has 0 bridgehead atoms. The van der Waals surface area contributed by atoms with E-state index >= 15 is 0 Å². The fourth-order valence-corrected chi connectivity index (χ4v) is 2.94. The average molecular weight is 210 g/mol. The highest BCUT2D eigenvalue weighted by molar-refractivity contribution is 7.85. The third kappa shape index (κ3) is 2.39. The van der Waals surface area contributed by atoms with Crippen LogP contribution in [0, 0.1) is 0 Å². The van der Waals surface area contributed by atoms with Crippen molar-refractivity contribution in [3.63, 3.8) is 0 Å². The van der Waals surface area contributed by atoms with Crippen LogP contribution in [0.5, 0.6) is 0 Å². The van der Waals surface area contributed by atoms with E-state index < -0.39 is 10.8 Å². The molecule has 0 amide bonds. The van der Waals surface area contributed by atoms with E-state index in [-0.39, 0.29) is 0 Å². The largest absolute Gasteiger partial charge is 0.313 e. The summed E-state index contributed by atoms with van der Waals surface area (Å²) in [6.07, 6.45) is 5.74. The van der Waals surface area contributed by atoms with E-state index in [1.165, 1.54) is 6.42 Å². The minimum Gasteiger partial charge on any atom is -0.313 e. The van der Waals surface area contributed by atoms with Crippen molar-refractivity contribution in [2.24, 2.45) is 0 Å². The lowest BCUT2D eigenvalue weighted by Gasteiger charge is -2.08. The second-order valence-electron chi connectivity index (χ2n) is 3.49. The molecular formula is C10H14N2OS. The summed E-state index contributed by atoms with van der Waals surface area (Å²) in [5.41, 5.74) is 0. The Morgan fingerprint density at radius 3 is 2.93 bits per heavy atom. The summed E-state index contributed by atoms with van der Waals surface area (Å²) in [7, 11) is -0.876. The van der Waals surface area contributed by atoms with Crippen molar-refractivity contribution < 1.29 is 4.21 Å². The Bertz CT molecular complexity index is 309. The third-order valence-corrected chi connectivity index (χ3v) is 3.93. The van der Waals surface area contributed by atoms with Crippen molar-refractivity contribution >= 4 is 10.8 Å². The van der Waals surface area contributed by atoms with Gasteiger partial charge >= 0.3 is 0 Å². The van der Waals surface area contributed by atoms with Crippen molar-refractivity contribution in [1.29, 1.82) is 0 Å². The first-order chi connectivity index (χ1) is 6.86. The van der Waals surface area contributed by atoms with Crippen LogP contribution in [0.3, 0.4) is 0 Å². The number of rotatable bonds is 3. The van der Waals surface area contributed by atoms with E-state index in [9.17, 15) is 4.21 Å². The Labute approximate surface area is 86.4 Å². The Hall–Kier alpha value is -0.740. The molecule has 0 saturated carbocycles. The first kappa shape index (κ1) is 9.80. The third-order valence-electron chi connectivity index (χ3n) is 2.43. The van der Waals surface area contributed by atoms with E-state index in [2.05, 4.69) is 10.3 Å². The van der Waals surface area contributed by atoms with Crippen LogP contribution in [-0.4, -0.2) is 27.5 Å². The topological polar surface area (TPSA) is 42.0 Å². The Morgan fingerprint density at radius 2 is 2.29 bits per heavy atom. The lowest BCUT2D eigenvalue weighted by molar-refractivity contribution is 0.643. The molecule has 0 aromatic carbocycles. The molecule has 1 N–H and O–H groups in total. The SMILES string of the molecule is O=[S@](C[C@H]1CCCN1)c1ccncc1. The van der Waals surface area contributed by atoms with Crippen molar-refractivity contribution in [2.75, 3.05) is 12.3 Å². The van der Waals surface area contributed by atoms with Crippen LogP contribution >= 0.6 is 0 Å². The van der Waals surface area contributed by atoms with Gasteiger partial charge in [-0.25, -0.2) is 0 Å². The molecule has 14 heavy (non-hydrogen) atoms. The van der Waals surface area contributed by atoms with Gasteiger partial charge in [0.15, 0.2) is 0 Å². The lowest BCUT2D eigenvalue weighted by Crippen LogP contribution is -2.27. The summed E-state index contributed by atoms with van der Waals surface area (Å²) < 4.78 is 11.8. The summed E-state index contributed by atoms with van der Waals surface area (Å²) in [6.45, 7) is 1.07. The molecule has 2 rings (SSSR count). The van der Waals surface area contributed by atoms with Gasteiger partial charge in [0.2, 0.25) is 0 Å². The van der Waals surface area contributed by atoms with Crippen LogP contribution in [0.15, 0.2) is 29.4 Å². The van der Waals surface area contributed by atoms with Gasteiger partial charge < -0.3 is 5.32 Å². The molecule has 1 aliphatic rings. The maximum atomic E-state index is 11.8. The zero-order valence-electron chi connectivity index (χ0n) is 7.98. The van der Waals surface area contributed by atoms with Gasteiger partial charge in [0.25, 0.3) is 0 Å². The Morgan fingerprint density at radius 1 is 1.50 bits per heavy atom. The van der Waals surface area contributed by atoms with E-state index in [1.807, 2.05) is 12.1 Å². The van der Waals surface area contributed by atoms with Gasteiger partial charge in [0.05, 0.1) is 10.8 Å². The zero-order chi connectivity index (χ0) is 9.80. The molecule has 0 aliphatic carbocycles. The van der Waals surface area contributed by atoms with E-state index in [0.717, 1.165) is 23.6 Å². The number of hydrogen-bond acceptors (Lipinski definition) is 3. The van der Waals surface area contributed by atoms with Gasteiger partial charge in [0.1, 0.15) is 0 Å². The number of aromatic nitrogens is 1. The van der Waals surface area contributed by atoms with Gasteiger partial charge in [-0.05, 0) is 31.5 Å². The van der Waals surface area contributed by atoms with Crippen LogP contribution in [0.25, 0.3) is 0 Å². The van der Waals surface area contributed by atoms with Gasteiger partial charge in [-0.15, -0.1) is 0 Å². The second kappa shape index (κ2) is 4.66. The minimum atomic E-state index is -0.876. The molecule has 0 unspecified atom stereocenters. The highest BCUT2D eigenvalue weighted by Crippen LogP contribution is 2.11. The number of nitrogens with zero attached hydrogens (tertiary/aromatic N) is 1. The predicted octanol–water partition coefficient (Wildman–Crippen LogP) is 0.941. The van der Waals surface area contributed by atoms with Gasteiger partial charge in [-0.1, -0.05) is 0 Å². The Kier molecular flexibility index (Phi) is 3.26. The Balaban J connectivity index is 1.95. The zero-order valence-corrected chi connectivity index (χ0v) is 8.80. The molecule has 2 heterocycles. The summed E-state index contributed by atoms with van der Waals surface area (Å²) >= 11 is 0. The molecule has 1 fully saturated rings. The molecule has 1 saturated heterocycles. The van der Waals surface area contributed by atoms with Crippen LogP contribution in [-0.2, 0) is 10.8 Å². The quantitative estimate of drug-likeness (QED) is 0.807. The smallest absolute Gasteiger partial charge is 0.0546 e. The van der Waals surface area contributed by atoms with Gasteiger partial charge in [-0.3, -0.25) is 9.19 Å². The van der Waals surface area contributed by atoms with E-state index in [0.29, 0.717) is 6.04 Å². The summed E-state index contributed by atoms with van der Waals surface area (Å²) in [5.74, 6) is 0.726. The molecule has 0 radical (unpaired) electrons. The maximum absolute atomic E-state index is 11.8. The lowest BCUT2D eigenvalue weighted by atomic mass is 10.3. The van der Waals surface area contributed by atoms with Crippen LogP contribution in [0.1, 0.15) is 12.8 Å². The first-order valence-corrected chi connectivity index (χ1v) is 6.20. The maximum Gasteiger partial charge on any atom is 0.0546 e. The summed E-state index contributed by atoms with van der Waals surface area (Å²) in [5, 5.41) is 3.35. The predicted molar refractivity (Wildman–Crippen MR) is 56.5 cm³/mol. The van der Waals surface area contributed by atoms with Crippen molar-refractivity contribution in [3.05, 3.63) is 24.5 Å². The van der Waals surface area contributed by atoms with Gasteiger partial charge in [-0.2, -0.15) is 0 Å². The molecular weight excluding hydrogens is 196 g/mol. The van der Waals surface area contributed by atoms with Crippen LogP contribution < -0.4 is 5.32 Å². The van der Waals surface area contributed by atoms with Gasteiger partial charge in [0, 0.05) is 29.1 Å². The van der Waals surface area contributed by atoms with Crippen molar-refractivity contribution in [1.82, 2.24) is 10.3 Å². The van der Waals surface area contributed by atoms with E-state index in [4.69, 9.17) is 0 Å². The molecule has 1 aliphatic heterocycles. The van der Waals surface area contributed by atoms with E-state index in [1.54, 1.807) is 12.4 Å². The molecule has 1 aromatic rings. The molecule has 4 heteroatoms. The standard InChI is InChI=1S/C10H14N2OS/c13-14(8-9-2-1-5-12-9)10-3-6-11-7-4-10/h3-4,6-7,9,12H,1-2,5,8H2/t9-,14-/m1/s1. The highest BCUT2D eigenvalue weighted by atomic mass is 32.2. The second-order valence-corrected chi connectivity index (χ2v) is 4.98. The number of hydrogen-bond donors (Lipinski definition) is 1. The fraction of sp³-hybridized carbons (Fsp3) is 0.500. The molecule has 1 aromatic heterocycles. The highest BCUT2D eigenvalue weighted by Gasteiger charge is 2.17. The van der Waals surface area contributed by atoms with Crippen molar-refractivity contribution in [2.45, 2.75) is 23.8 Å². The minimum absolute atomic E-state index is 0.434.